The van der Waals surface area contributed by atoms with E-state index in [4.69, 9.17) is 4.74 Å². The number of amides is 1. The van der Waals surface area contributed by atoms with Crippen LogP contribution in [0.25, 0.3) is 10.9 Å². The molecule has 1 aromatic heterocycles. The topological polar surface area (TPSA) is 67.6 Å². The molecule has 6 nitrogen and oxygen atoms in total. The first-order valence-electron chi connectivity index (χ1n) is 11.3. The van der Waals surface area contributed by atoms with Crippen LogP contribution in [0.5, 0.6) is 0 Å². The molecule has 0 atom stereocenters. The van der Waals surface area contributed by atoms with E-state index in [1.54, 1.807) is 18.3 Å². The van der Waals surface area contributed by atoms with Crippen molar-refractivity contribution in [1.29, 1.82) is 0 Å². The van der Waals surface area contributed by atoms with Crippen LogP contribution in [0.1, 0.15) is 29.5 Å². The summed E-state index contributed by atoms with van der Waals surface area (Å²) in [6.45, 7) is 3.05. The molecule has 0 aliphatic carbocycles. The largest absolute Gasteiger partial charge is 0.465 e. The van der Waals surface area contributed by atoms with Gasteiger partial charge in [-0.1, -0.05) is 23.8 Å². The molecule has 0 unspecified atom stereocenters. The summed E-state index contributed by atoms with van der Waals surface area (Å²) in [6.07, 6.45) is -0.0563. The van der Waals surface area contributed by atoms with Crippen molar-refractivity contribution in [3.63, 3.8) is 0 Å². The number of aromatic nitrogens is 2. The maximum absolute atomic E-state index is 13.5. The molecule has 2 heterocycles. The first-order chi connectivity index (χ1) is 16.3. The lowest BCUT2D eigenvalue weighted by molar-refractivity contribution is 0.0461. The van der Waals surface area contributed by atoms with Gasteiger partial charge in [0.1, 0.15) is 12.4 Å². The maximum Gasteiger partial charge on any atom is 0.407 e. The second-order valence-corrected chi connectivity index (χ2v) is 8.96. The summed E-state index contributed by atoms with van der Waals surface area (Å²) in [4.78, 5) is 12.7. The molecule has 4 rings (SSSR count). The highest BCUT2D eigenvalue weighted by atomic mass is 19.3. The molecule has 1 aliphatic rings. The number of halogens is 3. The van der Waals surface area contributed by atoms with Crippen molar-refractivity contribution in [2.24, 2.45) is 0 Å². The molecule has 9 heteroatoms. The third-order valence-electron chi connectivity index (χ3n) is 6.55. The summed E-state index contributed by atoms with van der Waals surface area (Å²) in [7, 11) is 0. The Bertz CT molecular complexity index is 1140. The molecule has 0 bridgehead atoms. The second kappa shape index (κ2) is 10.0. The van der Waals surface area contributed by atoms with Crippen molar-refractivity contribution >= 4 is 17.0 Å². The van der Waals surface area contributed by atoms with Gasteiger partial charge in [-0.25, -0.2) is 18.0 Å². The lowest BCUT2D eigenvalue weighted by Gasteiger charge is -2.41. The lowest BCUT2D eigenvalue weighted by Crippen LogP contribution is -2.47. The molecule has 0 spiro atoms. The number of hydrogen-bond donors (Lipinski definition) is 1. The molecule has 1 saturated heterocycles. The zero-order chi connectivity index (χ0) is 24.3. The highest BCUT2D eigenvalue weighted by Crippen LogP contribution is 2.36. The molecule has 0 saturated carbocycles. The fourth-order valence-corrected chi connectivity index (χ4v) is 4.74. The Morgan fingerprint density at radius 1 is 1.21 bits per heavy atom. The van der Waals surface area contributed by atoms with E-state index in [9.17, 15) is 23.1 Å². The number of aryl methyl sites for hydroxylation is 1. The molecule has 1 aliphatic heterocycles. The molecule has 1 N–H and O–H groups in total. The Balaban J connectivity index is 1.46. The van der Waals surface area contributed by atoms with Gasteiger partial charge in [0, 0.05) is 30.1 Å². The quantitative estimate of drug-likeness (QED) is 0.465. The number of rotatable bonds is 8. The molecule has 34 heavy (non-hydrogen) atoms. The minimum absolute atomic E-state index is 0.322. The zero-order valence-corrected chi connectivity index (χ0v) is 19.0. The second-order valence-electron chi connectivity index (χ2n) is 8.96. The fourth-order valence-electron chi connectivity index (χ4n) is 4.74. The Hall–Kier alpha value is -3.07. The predicted octanol–water partition coefficient (Wildman–Crippen LogP) is 5.02. The number of carboxylic acid groups (broad SMARTS) is 1. The van der Waals surface area contributed by atoms with Gasteiger partial charge < -0.3 is 14.7 Å². The standard InChI is InChI=1S/C25H28F3N3O3/c1-17-12-18(23-19(13-17)14-31(29-23)15-22(27)28)6-11-34-16-25(20-2-4-21(26)5-3-20)7-9-30(10-8-25)24(32)33/h2-5,12-14,22H,6-11,15-16H2,1H3,(H,32,33). The minimum atomic E-state index is -2.47. The number of fused-ring (bicyclic) bond motifs is 1. The molecule has 1 amide bonds. The number of hydrogen-bond acceptors (Lipinski definition) is 3. The Labute approximate surface area is 195 Å². The maximum atomic E-state index is 13.5. The van der Waals surface area contributed by atoms with Gasteiger partial charge in [0.2, 0.25) is 0 Å². The Morgan fingerprint density at radius 2 is 1.91 bits per heavy atom. The van der Waals surface area contributed by atoms with Gasteiger partial charge in [-0.2, -0.15) is 5.10 Å². The molecule has 182 valence electrons. The molecule has 3 aromatic rings. The van der Waals surface area contributed by atoms with Crippen LogP contribution in [0, 0.1) is 12.7 Å². The van der Waals surface area contributed by atoms with Crippen molar-refractivity contribution in [1.82, 2.24) is 14.7 Å². The number of nitrogens with zero attached hydrogens (tertiary/aromatic N) is 3. The predicted molar refractivity (Wildman–Crippen MR) is 122 cm³/mol. The monoisotopic (exact) mass is 475 g/mol. The van der Waals surface area contributed by atoms with Crippen LogP contribution in [0.3, 0.4) is 0 Å². The van der Waals surface area contributed by atoms with E-state index < -0.39 is 24.5 Å². The van der Waals surface area contributed by atoms with Crippen LogP contribution >= 0.6 is 0 Å². The van der Waals surface area contributed by atoms with E-state index in [2.05, 4.69) is 5.10 Å². The lowest BCUT2D eigenvalue weighted by atomic mass is 9.73. The van der Waals surface area contributed by atoms with Gasteiger partial charge in [0.05, 0.1) is 18.7 Å². The normalized spacial score (nSPS) is 15.9. The van der Waals surface area contributed by atoms with E-state index in [0.717, 1.165) is 22.1 Å². The zero-order valence-electron chi connectivity index (χ0n) is 19.0. The molecule has 0 radical (unpaired) electrons. The number of alkyl halides is 2. The fraction of sp³-hybridized carbons (Fsp3) is 0.440. The van der Waals surface area contributed by atoms with Crippen molar-refractivity contribution < 1.29 is 27.8 Å². The summed E-state index contributed by atoms with van der Waals surface area (Å²) < 4.78 is 46.5. The number of benzene rings is 2. The van der Waals surface area contributed by atoms with Crippen LogP contribution in [0.2, 0.25) is 0 Å². The van der Waals surface area contributed by atoms with Gasteiger partial charge in [0.25, 0.3) is 6.43 Å². The SMILES string of the molecule is Cc1cc(CCOCC2(c3ccc(F)cc3)CCN(C(=O)O)CC2)c2nn(CC(F)F)cc2c1. The van der Waals surface area contributed by atoms with E-state index in [1.807, 2.05) is 19.1 Å². The van der Waals surface area contributed by atoms with Gasteiger partial charge in [-0.15, -0.1) is 0 Å². The highest BCUT2D eigenvalue weighted by molar-refractivity contribution is 5.82. The number of likely N-dealkylation sites (tertiary alicyclic amines) is 1. The summed E-state index contributed by atoms with van der Waals surface area (Å²) in [5, 5.41) is 14.5. The Morgan fingerprint density at radius 3 is 2.56 bits per heavy atom. The van der Waals surface area contributed by atoms with Crippen LogP contribution in [-0.2, 0) is 23.1 Å². The molecule has 2 aromatic carbocycles. The molecular formula is C25H28F3N3O3. The van der Waals surface area contributed by atoms with Crippen molar-refractivity contribution in [3.05, 3.63) is 65.1 Å². The van der Waals surface area contributed by atoms with E-state index in [1.165, 1.54) is 21.7 Å². The first-order valence-corrected chi connectivity index (χ1v) is 11.3. The van der Waals surface area contributed by atoms with Crippen LogP contribution in [-0.4, -0.2) is 58.6 Å². The minimum Gasteiger partial charge on any atom is -0.465 e. The van der Waals surface area contributed by atoms with Gasteiger partial charge in [0.15, 0.2) is 0 Å². The average Bonchev–Trinajstić information content (AvgIpc) is 3.18. The average molecular weight is 476 g/mol. The summed E-state index contributed by atoms with van der Waals surface area (Å²) in [6, 6.07) is 10.2. The van der Waals surface area contributed by atoms with Crippen molar-refractivity contribution in [3.8, 4) is 0 Å². The summed E-state index contributed by atoms with van der Waals surface area (Å²) in [5.74, 6) is -0.322. The number of piperidine rings is 1. The van der Waals surface area contributed by atoms with E-state index in [0.29, 0.717) is 51.1 Å². The highest BCUT2D eigenvalue weighted by Gasteiger charge is 2.37. The van der Waals surface area contributed by atoms with Crippen LogP contribution < -0.4 is 0 Å². The number of ether oxygens (including phenoxy) is 1. The third-order valence-corrected chi connectivity index (χ3v) is 6.55. The third kappa shape index (κ3) is 5.35. The van der Waals surface area contributed by atoms with Crippen LogP contribution in [0.15, 0.2) is 42.6 Å². The summed E-state index contributed by atoms with van der Waals surface area (Å²) in [5.41, 5.74) is 3.17. The van der Waals surface area contributed by atoms with Gasteiger partial charge in [-0.05, 0) is 55.5 Å². The smallest absolute Gasteiger partial charge is 0.407 e. The number of carbonyl (C=O) groups is 1. The molecule has 1 fully saturated rings. The Kier molecular flexibility index (Phi) is 7.11. The van der Waals surface area contributed by atoms with Crippen LogP contribution in [0.4, 0.5) is 18.0 Å². The van der Waals surface area contributed by atoms with E-state index >= 15 is 0 Å². The van der Waals surface area contributed by atoms with Crippen molar-refractivity contribution in [2.45, 2.75) is 44.6 Å². The first kappa shape index (κ1) is 24.1. The summed E-state index contributed by atoms with van der Waals surface area (Å²) >= 11 is 0. The molecular weight excluding hydrogens is 447 g/mol. The van der Waals surface area contributed by atoms with E-state index in [-0.39, 0.29) is 5.82 Å². The van der Waals surface area contributed by atoms with Gasteiger partial charge >= 0.3 is 6.09 Å². The van der Waals surface area contributed by atoms with Gasteiger partial charge in [-0.3, -0.25) is 4.68 Å². The van der Waals surface area contributed by atoms with Crippen molar-refractivity contribution in [2.75, 3.05) is 26.3 Å².